The van der Waals surface area contributed by atoms with Gasteiger partial charge < -0.3 is 9.47 Å². The first kappa shape index (κ1) is 20.7. The third-order valence-electron chi connectivity index (χ3n) is 6.60. The van der Waals surface area contributed by atoms with Crippen molar-refractivity contribution >= 4 is 28.5 Å². The zero-order valence-corrected chi connectivity index (χ0v) is 19.9. The highest BCUT2D eigenvalue weighted by molar-refractivity contribution is 8.14. The zero-order chi connectivity index (χ0) is 21.7. The molecule has 2 aliphatic rings. The number of benzene rings is 1. The Kier molecular flexibility index (Phi) is 5.35. The molecule has 0 N–H and O–H groups in total. The molecule has 3 unspecified atom stereocenters. The quantitative estimate of drug-likeness (QED) is 0.459. The molecule has 3 aromatic rings. The van der Waals surface area contributed by atoms with E-state index in [4.69, 9.17) is 21.6 Å². The molecule has 1 aromatic carbocycles. The van der Waals surface area contributed by atoms with Crippen molar-refractivity contribution in [3.8, 4) is 5.69 Å². The predicted molar refractivity (Wildman–Crippen MR) is 131 cm³/mol. The molecule has 1 fully saturated rings. The van der Waals surface area contributed by atoms with Gasteiger partial charge in [-0.1, -0.05) is 42.4 Å². The molecule has 0 spiro atoms. The van der Waals surface area contributed by atoms with E-state index in [-0.39, 0.29) is 12.1 Å². The monoisotopic (exact) mass is 450 g/mol. The molecule has 3 atom stereocenters. The lowest BCUT2D eigenvalue weighted by atomic mass is 9.95. The number of thioether (sulfide) groups is 1. The van der Waals surface area contributed by atoms with Crippen molar-refractivity contribution in [1.29, 1.82) is 0 Å². The summed E-state index contributed by atoms with van der Waals surface area (Å²) in [4.78, 5) is 12.4. The maximum Gasteiger partial charge on any atom is 0.160 e. The van der Waals surface area contributed by atoms with Crippen molar-refractivity contribution in [3.05, 3.63) is 81.9 Å². The van der Waals surface area contributed by atoms with Crippen LogP contribution in [-0.4, -0.2) is 31.4 Å². The average Bonchev–Trinajstić information content (AvgIpc) is 3.42. The molecule has 0 bridgehead atoms. The Labute approximate surface area is 193 Å². The molecular weight excluding hydrogens is 424 g/mol. The van der Waals surface area contributed by atoms with Crippen LogP contribution in [0.15, 0.2) is 53.7 Å². The van der Waals surface area contributed by atoms with Crippen LogP contribution in [0.3, 0.4) is 0 Å². The third kappa shape index (κ3) is 3.30. The smallest absolute Gasteiger partial charge is 0.160 e. The standard InChI is InChI=1S/C25H27ClN4S/c1-5-18-14-31-25-28-23(21-10-6-7-12-27-21)24(30(18)25)19-13-15(2)29(17(19)4)22-11-8-9-20(26)16(22)3/h6-13,18,23-24H,5,14H2,1-4H3. The van der Waals surface area contributed by atoms with E-state index in [2.05, 4.69) is 61.4 Å². The first-order valence-electron chi connectivity index (χ1n) is 10.9. The summed E-state index contributed by atoms with van der Waals surface area (Å²) in [7, 11) is 0. The molecule has 4 nitrogen and oxygen atoms in total. The Morgan fingerprint density at radius 3 is 2.71 bits per heavy atom. The summed E-state index contributed by atoms with van der Waals surface area (Å²) in [5, 5.41) is 1.96. The number of hydrogen-bond donors (Lipinski definition) is 0. The highest BCUT2D eigenvalue weighted by Gasteiger charge is 2.46. The van der Waals surface area contributed by atoms with Crippen molar-refractivity contribution in [1.82, 2.24) is 14.5 Å². The molecule has 0 aliphatic carbocycles. The minimum absolute atomic E-state index is 0.00691. The van der Waals surface area contributed by atoms with Crippen LogP contribution in [0.4, 0.5) is 0 Å². The number of rotatable bonds is 4. The van der Waals surface area contributed by atoms with Crippen molar-refractivity contribution in [2.45, 2.75) is 52.2 Å². The molecule has 31 heavy (non-hydrogen) atoms. The maximum atomic E-state index is 6.47. The minimum Gasteiger partial charge on any atom is -0.338 e. The Morgan fingerprint density at radius 2 is 1.97 bits per heavy atom. The lowest BCUT2D eigenvalue weighted by Gasteiger charge is -2.32. The van der Waals surface area contributed by atoms with Gasteiger partial charge in [-0.05, 0) is 68.7 Å². The number of fused-ring (bicyclic) bond motifs is 1. The van der Waals surface area contributed by atoms with Gasteiger partial charge in [0, 0.05) is 40.1 Å². The van der Waals surface area contributed by atoms with Gasteiger partial charge in [0.15, 0.2) is 5.17 Å². The fourth-order valence-electron chi connectivity index (χ4n) is 4.98. The second-order valence-corrected chi connectivity index (χ2v) is 9.78. The Hall–Kier alpha value is -2.24. The Balaban J connectivity index is 1.66. The van der Waals surface area contributed by atoms with E-state index >= 15 is 0 Å². The summed E-state index contributed by atoms with van der Waals surface area (Å²) in [5.74, 6) is 1.10. The van der Waals surface area contributed by atoms with Gasteiger partial charge in [0.25, 0.3) is 0 Å². The number of amidine groups is 1. The van der Waals surface area contributed by atoms with Crippen molar-refractivity contribution in [2.75, 3.05) is 5.75 Å². The van der Waals surface area contributed by atoms with Gasteiger partial charge in [0.1, 0.15) is 6.04 Å². The summed E-state index contributed by atoms with van der Waals surface area (Å²) in [6.45, 7) is 8.77. The molecule has 160 valence electrons. The highest BCUT2D eigenvalue weighted by atomic mass is 35.5. The van der Waals surface area contributed by atoms with E-state index in [0.717, 1.165) is 39.3 Å². The van der Waals surface area contributed by atoms with E-state index in [1.54, 1.807) is 0 Å². The maximum absolute atomic E-state index is 6.47. The molecule has 1 saturated heterocycles. The number of pyridine rings is 1. The van der Waals surface area contributed by atoms with Gasteiger partial charge in [-0.2, -0.15) is 0 Å². The highest BCUT2D eigenvalue weighted by Crippen LogP contribution is 2.50. The first-order valence-corrected chi connectivity index (χ1v) is 12.2. The summed E-state index contributed by atoms with van der Waals surface area (Å²) in [5.41, 5.74) is 7.07. The summed E-state index contributed by atoms with van der Waals surface area (Å²) < 4.78 is 2.34. The average molecular weight is 451 g/mol. The molecule has 6 heteroatoms. The van der Waals surface area contributed by atoms with Crippen molar-refractivity contribution < 1.29 is 0 Å². The van der Waals surface area contributed by atoms with Crippen LogP contribution in [0, 0.1) is 20.8 Å². The number of halogens is 1. The van der Waals surface area contributed by atoms with E-state index in [1.165, 1.54) is 17.0 Å². The lowest BCUT2D eigenvalue weighted by molar-refractivity contribution is 0.254. The molecule has 4 heterocycles. The number of aromatic nitrogens is 2. The first-order chi connectivity index (χ1) is 15.0. The molecule has 2 aromatic heterocycles. The molecule has 5 rings (SSSR count). The molecule has 2 aliphatic heterocycles. The largest absolute Gasteiger partial charge is 0.338 e. The molecular formula is C25H27ClN4S. The van der Waals surface area contributed by atoms with E-state index < -0.39 is 0 Å². The van der Waals surface area contributed by atoms with Crippen molar-refractivity contribution in [3.63, 3.8) is 0 Å². The summed E-state index contributed by atoms with van der Waals surface area (Å²) in [6.07, 6.45) is 2.99. The van der Waals surface area contributed by atoms with Gasteiger partial charge in [-0.15, -0.1) is 0 Å². The molecule has 0 radical (unpaired) electrons. The molecule has 0 amide bonds. The van der Waals surface area contributed by atoms with Gasteiger partial charge in [-0.3, -0.25) is 9.98 Å². The Morgan fingerprint density at radius 1 is 1.13 bits per heavy atom. The van der Waals surface area contributed by atoms with E-state index in [1.807, 2.05) is 36.2 Å². The van der Waals surface area contributed by atoms with Crippen LogP contribution in [-0.2, 0) is 0 Å². The van der Waals surface area contributed by atoms with Gasteiger partial charge in [-0.25, -0.2) is 0 Å². The summed E-state index contributed by atoms with van der Waals surface area (Å²) >= 11 is 8.35. The van der Waals surface area contributed by atoms with Gasteiger partial charge in [0.05, 0.1) is 11.7 Å². The second kappa shape index (κ2) is 8.03. The van der Waals surface area contributed by atoms with Crippen LogP contribution in [0.2, 0.25) is 5.02 Å². The van der Waals surface area contributed by atoms with Gasteiger partial charge >= 0.3 is 0 Å². The normalized spacial score (nSPS) is 22.7. The number of aryl methyl sites for hydroxylation is 1. The van der Waals surface area contributed by atoms with Crippen molar-refractivity contribution in [2.24, 2.45) is 4.99 Å². The van der Waals surface area contributed by atoms with E-state index in [9.17, 15) is 0 Å². The van der Waals surface area contributed by atoms with Crippen LogP contribution >= 0.6 is 23.4 Å². The van der Waals surface area contributed by atoms with Crippen LogP contribution in [0.5, 0.6) is 0 Å². The number of hydrogen-bond acceptors (Lipinski definition) is 4. The SMILES string of the molecule is CCC1CSC2=NC(c3ccccn3)C(c3cc(C)n(-c4cccc(Cl)c4C)c3C)N21. The Bertz CT molecular complexity index is 1150. The predicted octanol–water partition coefficient (Wildman–Crippen LogP) is 6.43. The lowest BCUT2D eigenvalue weighted by Crippen LogP contribution is -2.35. The molecule has 0 saturated carbocycles. The van der Waals surface area contributed by atoms with Gasteiger partial charge in [0.2, 0.25) is 0 Å². The number of nitrogens with zero attached hydrogens (tertiary/aromatic N) is 4. The summed E-state index contributed by atoms with van der Waals surface area (Å²) in [6, 6.07) is 15.3. The zero-order valence-electron chi connectivity index (χ0n) is 18.3. The third-order valence-corrected chi connectivity index (χ3v) is 8.13. The van der Waals surface area contributed by atoms with Crippen LogP contribution in [0.1, 0.15) is 53.6 Å². The fraction of sp³-hybridized carbons (Fsp3) is 0.360. The second-order valence-electron chi connectivity index (χ2n) is 8.38. The fourth-order valence-corrected chi connectivity index (χ4v) is 6.49. The minimum atomic E-state index is 0.00691. The van der Waals surface area contributed by atoms with Crippen LogP contribution < -0.4 is 0 Å². The number of aliphatic imine (C=N–C) groups is 1. The van der Waals surface area contributed by atoms with Crippen LogP contribution in [0.25, 0.3) is 5.69 Å². The van der Waals surface area contributed by atoms with E-state index in [0.29, 0.717) is 6.04 Å². The topological polar surface area (TPSA) is 33.4 Å².